The molecule has 0 saturated carbocycles. The third-order valence-corrected chi connectivity index (χ3v) is 7.96. The number of aliphatic hydroxyl groups excluding tert-OH is 3. The van der Waals surface area contributed by atoms with Crippen molar-refractivity contribution < 1.29 is 58.8 Å². The fourth-order valence-corrected chi connectivity index (χ4v) is 5.35. The number of carbonyl (C=O) groups excluding carboxylic acids is 7. The molecule has 0 unspecified atom stereocenters. The summed E-state index contributed by atoms with van der Waals surface area (Å²) in [6.45, 7) is 3.25. The molecule has 19 heteroatoms. The van der Waals surface area contributed by atoms with Crippen LogP contribution in [0.25, 0.3) is 0 Å². The molecule has 0 bridgehead atoms. The summed E-state index contributed by atoms with van der Waals surface area (Å²) in [6.07, 6.45) is -1.42. The van der Waals surface area contributed by atoms with Gasteiger partial charge < -0.3 is 62.0 Å². The number of aliphatic hydroxyl groups is 3. The summed E-state index contributed by atoms with van der Waals surface area (Å²) in [6, 6.07) is -9.28. The summed E-state index contributed by atoms with van der Waals surface area (Å²) in [5, 5.41) is 48.1. The molecule has 264 valence electrons. The summed E-state index contributed by atoms with van der Waals surface area (Å²) in [5.74, 6) is -6.70. The normalized spacial score (nSPS) is 22.1. The molecular formula is C28H45N7O12. The number of nitrogens with one attached hydrogen (secondary N) is 4. The number of hydrogen-bond donors (Lipinski definition) is 9. The van der Waals surface area contributed by atoms with E-state index in [0.717, 1.165) is 11.8 Å². The van der Waals surface area contributed by atoms with Crippen molar-refractivity contribution in [1.29, 1.82) is 0 Å². The summed E-state index contributed by atoms with van der Waals surface area (Å²) in [4.78, 5) is 102. The van der Waals surface area contributed by atoms with E-state index in [1.165, 1.54) is 18.7 Å². The largest absolute Gasteiger partial charge is 0.481 e. The van der Waals surface area contributed by atoms with Gasteiger partial charge in [-0.2, -0.15) is 0 Å². The van der Waals surface area contributed by atoms with Crippen LogP contribution in [0.2, 0.25) is 0 Å². The summed E-state index contributed by atoms with van der Waals surface area (Å²) in [7, 11) is 0. The van der Waals surface area contributed by atoms with Crippen molar-refractivity contribution in [2.24, 2.45) is 5.73 Å². The van der Waals surface area contributed by atoms with Crippen LogP contribution < -0.4 is 27.0 Å². The van der Waals surface area contributed by atoms with E-state index in [1.54, 1.807) is 0 Å². The second-order valence-electron chi connectivity index (χ2n) is 11.7. The minimum absolute atomic E-state index is 0.0795. The lowest BCUT2D eigenvalue weighted by molar-refractivity contribution is -0.145. The monoisotopic (exact) mass is 671 g/mol. The number of aliphatic carboxylic acids is 1. The first-order valence-electron chi connectivity index (χ1n) is 15.3. The topological polar surface area (TPSA) is 298 Å². The van der Waals surface area contributed by atoms with Crippen LogP contribution in [-0.2, 0) is 38.4 Å². The Labute approximate surface area is 270 Å². The molecule has 19 nitrogen and oxygen atoms in total. The van der Waals surface area contributed by atoms with Crippen LogP contribution in [0.3, 0.4) is 0 Å². The number of amides is 6. The van der Waals surface area contributed by atoms with Gasteiger partial charge >= 0.3 is 5.97 Å². The van der Waals surface area contributed by atoms with E-state index >= 15 is 0 Å². The SMILES string of the molecule is C[C@H](NC(=O)[C@@H]1CCCN1C(=O)[C@@H](NC(=O)[C@@H](NC(=O)[C@H](CO)NC(=O)[C@@H](N)CC(=O)O)[C@@H](C)O)[C@@H](C)O)C(=O)N1CCC[C@H]1C=O. The minimum atomic E-state index is -1.76. The highest BCUT2D eigenvalue weighted by Crippen LogP contribution is 2.21. The molecule has 0 aromatic carbocycles. The van der Waals surface area contributed by atoms with E-state index in [9.17, 15) is 53.7 Å². The number of nitrogens with zero attached hydrogens (tertiary/aromatic N) is 2. The lowest BCUT2D eigenvalue weighted by Gasteiger charge is -2.32. The van der Waals surface area contributed by atoms with Crippen LogP contribution >= 0.6 is 0 Å². The van der Waals surface area contributed by atoms with Gasteiger partial charge in [0.15, 0.2) is 0 Å². The maximum Gasteiger partial charge on any atom is 0.305 e. The first-order valence-corrected chi connectivity index (χ1v) is 15.3. The van der Waals surface area contributed by atoms with Crippen molar-refractivity contribution in [1.82, 2.24) is 31.1 Å². The summed E-state index contributed by atoms with van der Waals surface area (Å²) in [5.41, 5.74) is 5.46. The Balaban J connectivity index is 2.11. The number of hydrogen-bond acceptors (Lipinski definition) is 12. The average Bonchev–Trinajstić information content (AvgIpc) is 3.69. The predicted octanol–water partition coefficient (Wildman–Crippen LogP) is -5.32. The van der Waals surface area contributed by atoms with Crippen LogP contribution in [0.15, 0.2) is 0 Å². The van der Waals surface area contributed by atoms with Gasteiger partial charge in [0.2, 0.25) is 35.4 Å². The molecule has 9 atom stereocenters. The molecule has 2 fully saturated rings. The molecule has 10 N–H and O–H groups in total. The number of carboxylic acid groups (broad SMARTS) is 1. The Hall–Kier alpha value is -4.20. The first kappa shape index (κ1) is 39.0. The highest BCUT2D eigenvalue weighted by Gasteiger charge is 2.42. The van der Waals surface area contributed by atoms with E-state index < -0.39 is 109 Å². The quantitative estimate of drug-likeness (QED) is 0.0694. The van der Waals surface area contributed by atoms with Gasteiger partial charge in [-0.15, -0.1) is 0 Å². The van der Waals surface area contributed by atoms with Gasteiger partial charge in [-0.05, 0) is 46.5 Å². The van der Waals surface area contributed by atoms with Gasteiger partial charge in [-0.3, -0.25) is 33.6 Å². The highest BCUT2D eigenvalue weighted by atomic mass is 16.4. The van der Waals surface area contributed by atoms with Gasteiger partial charge in [0, 0.05) is 13.1 Å². The van der Waals surface area contributed by atoms with Crippen molar-refractivity contribution in [2.75, 3.05) is 19.7 Å². The summed E-state index contributed by atoms with van der Waals surface area (Å²) < 4.78 is 0. The van der Waals surface area contributed by atoms with Crippen LogP contribution in [0.1, 0.15) is 52.9 Å². The highest BCUT2D eigenvalue weighted by molar-refractivity contribution is 5.97. The van der Waals surface area contributed by atoms with Gasteiger partial charge in [0.1, 0.15) is 36.5 Å². The number of carbonyl (C=O) groups is 8. The van der Waals surface area contributed by atoms with E-state index in [-0.39, 0.29) is 13.0 Å². The second-order valence-corrected chi connectivity index (χ2v) is 11.7. The van der Waals surface area contributed by atoms with Crippen LogP contribution in [0.4, 0.5) is 0 Å². The molecule has 0 aromatic heterocycles. The molecule has 0 aromatic rings. The zero-order chi connectivity index (χ0) is 35.6. The van der Waals surface area contributed by atoms with Crippen LogP contribution in [0.5, 0.6) is 0 Å². The Morgan fingerprint density at radius 2 is 1.38 bits per heavy atom. The first-order chi connectivity index (χ1) is 22.0. The number of aldehydes is 1. The zero-order valence-electron chi connectivity index (χ0n) is 26.5. The van der Waals surface area contributed by atoms with E-state index in [2.05, 4.69) is 16.0 Å². The Bertz CT molecular complexity index is 1200. The molecular weight excluding hydrogens is 626 g/mol. The van der Waals surface area contributed by atoms with E-state index in [1.807, 2.05) is 5.32 Å². The molecule has 2 rings (SSSR count). The van der Waals surface area contributed by atoms with E-state index in [0.29, 0.717) is 32.1 Å². The molecule has 0 aliphatic carbocycles. The maximum absolute atomic E-state index is 13.6. The van der Waals surface area contributed by atoms with Crippen molar-refractivity contribution in [2.45, 2.75) is 107 Å². The molecule has 47 heavy (non-hydrogen) atoms. The third kappa shape index (κ3) is 10.4. The van der Waals surface area contributed by atoms with Crippen LogP contribution in [-0.4, -0.2) is 152 Å². The second kappa shape index (κ2) is 17.6. The maximum atomic E-state index is 13.6. The molecule has 0 radical (unpaired) electrons. The summed E-state index contributed by atoms with van der Waals surface area (Å²) >= 11 is 0. The van der Waals surface area contributed by atoms with Gasteiger partial charge in [0.05, 0.1) is 37.3 Å². The number of carboxylic acids is 1. The Morgan fingerprint density at radius 3 is 1.94 bits per heavy atom. The smallest absolute Gasteiger partial charge is 0.305 e. The van der Waals surface area contributed by atoms with Gasteiger partial charge in [-0.1, -0.05) is 0 Å². The molecule has 2 heterocycles. The average molecular weight is 672 g/mol. The van der Waals surface area contributed by atoms with Crippen molar-refractivity contribution in [3.05, 3.63) is 0 Å². The molecule has 6 amide bonds. The number of nitrogens with two attached hydrogens (primary N) is 1. The predicted molar refractivity (Wildman–Crippen MR) is 160 cm³/mol. The van der Waals surface area contributed by atoms with Gasteiger partial charge in [0.25, 0.3) is 0 Å². The standard InChI is InChI=1S/C28H45N7O12/c1-13(27(46)34-8-4-6-16(34)11-36)30-25(44)19-7-5-9-35(19)28(47)22(15(3)39)33-26(45)21(14(2)38)32-24(43)18(12-37)31-23(42)17(29)10-20(40)41/h11,13-19,21-22,37-39H,4-10,12,29H2,1-3H3,(H,30,44)(H,31,42)(H,32,43)(H,33,45)(H,40,41)/t13-,14+,15+,16-,17-,18-,19-,21-,22-/m0/s1. The molecule has 2 saturated heterocycles. The Morgan fingerprint density at radius 1 is 0.809 bits per heavy atom. The molecule has 2 aliphatic heterocycles. The zero-order valence-corrected chi connectivity index (χ0v) is 26.5. The lowest BCUT2D eigenvalue weighted by Crippen LogP contribution is -2.63. The van der Waals surface area contributed by atoms with Crippen molar-refractivity contribution in [3.8, 4) is 0 Å². The number of rotatable bonds is 16. The number of likely N-dealkylation sites (tertiary alicyclic amines) is 2. The fraction of sp³-hybridized carbons (Fsp3) is 0.714. The van der Waals surface area contributed by atoms with Crippen molar-refractivity contribution in [3.63, 3.8) is 0 Å². The van der Waals surface area contributed by atoms with Crippen LogP contribution in [0, 0.1) is 0 Å². The van der Waals surface area contributed by atoms with Crippen molar-refractivity contribution >= 4 is 47.7 Å². The fourth-order valence-electron chi connectivity index (χ4n) is 5.35. The lowest BCUT2D eigenvalue weighted by atomic mass is 10.1. The molecule has 2 aliphatic rings. The van der Waals surface area contributed by atoms with Gasteiger partial charge in [-0.25, -0.2) is 0 Å². The molecule has 0 spiro atoms. The Kier molecular flexibility index (Phi) is 14.6. The van der Waals surface area contributed by atoms with E-state index in [4.69, 9.17) is 10.8 Å². The minimum Gasteiger partial charge on any atom is -0.481 e. The third-order valence-electron chi connectivity index (χ3n) is 7.96.